The summed E-state index contributed by atoms with van der Waals surface area (Å²) in [4.78, 5) is 0.835. The van der Waals surface area contributed by atoms with Crippen molar-refractivity contribution < 1.29 is 9.84 Å². The molecule has 0 fully saturated rings. The SMILES string of the molecule is CC(C)Oc1cccc(C(O)c2cc(Cl)cs2)c1. The minimum absolute atomic E-state index is 0.119. The van der Waals surface area contributed by atoms with Gasteiger partial charge in [-0.15, -0.1) is 11.3 Å². The molecule has 1 unspecified atom stereocenters. The molecule has 1 aromatic carbocycles. The van der Waals surface area contributed by atoms with Crippen molar-refractivity contribution in [2.24, 2.45) is 0 Å². The summed E-state index contributed by atoms with van der Waals surface area (Å²) in [5.74, 6) is 0.768. The zero-order valence-electron chi connectivity index (χ0n) is 10.3. The molecular weight excluding hydrogens is 268 g/mol. The Hall–Kier alpha value is -1.03. The molecular formula is C14H15ClO2S. The van der Waals surface area contributed by atoms with Crippen LogP contribution in [-0.2, 0) is 0 Å². The third kappa shape index (κ3) is 3.25. The number of halogens is 1. The molecule has 2 nitrogen and oxygen atoms in total. The molecule has 0 amide bonds. The lowest BCUT2D eigenvalue weighted by Gasteiger charge is -2.13. The number of benzene rings is 1. The first kappa shape index (κ1) is 13.4. The van der Waals surface area contributed by atoms with Crippen LogP contribution in [0.1, 0.15) is 30.4 Å². The molecule has 0 aliphatic carbocycles. The number of aliphatic hydroxyl groups is 1. The molecule has 0 aliphatic rings. The van der Waals surface area contributed by atoms with E-state index in [0.717, 1.165) is 16.2 Å². The molecule has 0 spiro atoms. The van der Waals surface area contributed by atoms with Gasteiger partial charge in [0.2, 0.25) is 0 Å². The Balaban J connectivity index is 2.22. The van der Waals surface area contributed by atoms with Crippen LogP contribution in [0.15, 0.2) is 35.7 Å². The second-order valence-electron chi connectivity index (χ2n) is 4.31. The van der Waals surface area contributed by atoms with Crippen molar-refractivity contribution in [2.75, 3.05) is 0 Å². The molecule has 2 aromatic rings. The van der Waals surface area contributed by atoms with Crippen LogP contribution in [0, 0.1) is 0 Å². The Bertz CT molecular complexity index is 522. The molecule has 0 aliphatic heterocycles. The van der Waals surface area contributed by atoms with Crippen molar-refractivity contribution in [2.45, 2.75) is 26.1 Å². The third-order valence-electron chi connectivity index (χ3n) is 2.40. The van der Waals surface area contributed by atoms with Crippen molar-refractivity contribution in [3.63, 3.8) is 0 Å². The summed E-state index contributed by atoms with van der Waals surface area (Å²) in [6.07, 6.45) is -0.535. The van der Waals surface area contributed by atoms with Gasteiger partial charge in [0, 0.05) is 10.3 Å². The van der Waals surface area contributed by atoms with E-state index in [1.807, 2.05) is 43.5 Å². The Kier molecular flexibility index (Phi) is 4.27. The van der Waals surface area contributed by atoms with E-state index in [1.54, 1.807) is 6.07 Å². The number of aliphatic hydroxyl groups excluding tert-OH is 1. The van der Waals surface area contributed by atoms with Crippen molar-refractivity contribution in [1.29, 1.82) is 0 Å². The Morgan fingerprint density at radius 3 is 2.67 bits per heavy atom. The van der Waals surface area contributed by atoms with Gasteiger partial charge in [0.05, 0.1) is 11.1 Å². The maximum atomic E-state index is 10.3. The summed E-state index contributed by atoms with van der Waals surface area (Å²) in [6, 6.07) is 9.29. The zero-order chi connectivity index (χ0) is 13.1. The molecule has 0 saturated carbocycles. The second-order valence-corrected chi connectivity index (χ2v) is 5.69. The average Bonchev–Trinajstić information content (AvgIpc) is 2.74. The first-order valence-electron chi connectivity index (χ1n) is 5.75. The molecule has 0 radical (unpaired) electrons. The molecule has 96 valence electrons. The first-order chi connectivity index (χ1) is 8.56. The predicted octanol–water partition coefficient (Wildman–Crippen LogP) is 4.27. The molecule has 0 saturated heterocycles. The smallest absolute Gasteiger partial charge is 0.120 e. The molecule has 4 heteroatoms. The topological polar surface area (TPSA) is 29.5 Å². The summed E-state index contributed by atoms with van der Waals surface area (Å²) in [7, 11) is 0. The minimum Gasteiger partial charge on any atom is -0.491 e. The third-order valence-corrected chi connectivity index (χ3v) is 3.74. The summed E-state index contributed by atoms with van der Waals surface area (Å²) < 4.78 is 5.61. The summed E-state index contributed by atoms with van der Waals surface area (Å²) in [5.41, 5.74) is 0.812. The van der Waals surface area contributed by atoms with Gasteiger partial charge in [0.1, 0.15) is 11.9 Å². The van der Waals surface area contributed by atoms with Gasteiger partial charge in [-0.2, -0.15) is 0 Å². The van der Waals surface area contributed by atoms with Gasteiger partial charge >= 0.3 is 0 Å². The van der Waals surface area contributed by atoms with Crippen LogP contribution in [0.2, 0.25) is 5.02 Å². The quantitative estimate of drug-likeness (QED) is 0.907. The average molecular weight is 283 g/mol. The van der Waals surface area contributed by atoms with Gasteiger partial charge in [-0.05, 0) is 37.6 Å². The van der Waals surface area contributed by atoms with Crippen molar-refractivity contribution in [1.82, 2.24) is 0 Å². The fourth-order valence-corrected chi connectivity index (χ4v) is 2.76. The van der Waals surface area contributed by atoms with Crippen LogP contribution in [-0.4, -0.2) is 11.2 Å². The highest BCUT2D eigenvalue weighted by Gasteiger charge is 2.13. The van der Waals surface area contributed by atoms with Crippen LogP contribution in [0.5, 0.6) is 5.75 Å². The monoisotopic (exact) mass is 282 g/mol. The predicted molar refractivity (Wildman–Crippen MR) is 75.6 cm³/mol. The molecule has 2 rings (SSSR count). The van der Waals surface area contributed by atoms with Crippen molar-refractivity contribution >= 4 is 22.9 Å². The normalized spacial score (nSPS) is 12.7. The summed E-state index contributed by atoms with van der Waals surface area (Å²) in [6.45, 7) is 3.95. The van der Waals surface area contributed by atoms with Gasteiger partial charge in [0.15, 0.2) is 0 Å². The highest BCUT2D eigenvalue weighted by molar-refractivity contribution is 7.10. The summed E-state index contributed by atoms with van der Waals surface area (Å²) >= 11 is 7.32. The lowest BCUT2D eigenvalue weighted by atomic mass is 10.1. The molecule has 1 atom stereocenters. The fourth-order valence-electron chi connectivity index (χ4n) is 1.67. The molecule has 1 aromatic heterocycles. The second kappa shape index (κ2) is 5.74. The van der Waals surface area contributed by atoms with E-state index in [0.29, 0.717) is 5.02 Å². The lowest BCUT2D eigenvalue weighted by molar-refractivity contribution is 0.220. The zero-order valence-corrected chi connectivity index (χ0v) is 11.8. The Morgan fingerprint density at radius 2 is 2.06 bits per heavy atom. The van der Waals surface area contributed by atoms with Crippen LogP contribution in [0.25, 0.3) is 0 Å². The molecule has 18 heavy (non-hydrogen) atoms. The summed E-state index contributed by atoms with van der Waals surface area (Å²) in [5, 5.41) is 12.7. The number of thiophene rings is 1. The van der Waals surface area contributed by atoms with Crippen LogP contribution in [0.4, 0.5) is 0 Å². The lowest BCUT2D eigenvalue weighted by Crippen LogP contribution is -2.06. The van der Waals surface area contributed by atoms with E-state index in [2.05, 4.69) is 0 Å². The number of rotatable bonds is 4. The largest absolute Gasteiger partial charge is 0.491 e. The van der Waals surface area contributed by atoms with Crippen molar-refractivity contribution in [3.05, 3.63) is 51.2 Å². The highest BCUT2D eigenvalue weighted by Crippen LogP contribution is 2.31. The van der Waals surface area contributed by atoms with Gasteiger partial charge in [-0.3, -0.25) is 0 Å². The van der Waals surface area contributed by atoms with Crippen LogP contribution in [0.3, 0.4) is 0 Å². The van der Waals surface area contributed by atoms with E-state index in [1.165, 1.54) is 11.3 Å². The number of hydrogen-bond donors (Lipinski definition) is 1. The van der Waals surface area contributed by atoms with E-state index in [4.69, 9.17) is 16.3 Å². The number of ether oxygens (including phenoxy) is 1. The maximum absolute atomic E-state index is 10.3. The van der Waals surface area contributed by atoms with E-state index in [9.17, 15) is 5.11 Å². The van der Waals surface area contributed by atoms with E-state index < -0.39 is 6.10 Å². The van der Waals surface area contributed by atoms with Gasteiger partial charge in [0.25, 0.3) is 0 Å². The maximum Gasteiger partial charge on any atom is 0.120 e. The van der Waals surface area contributed by atoms with E-state index in [-0.39, 0.29) is 6.10 Å². The molecule has 0 bridgehead atoms. The van der Waals surface area contributed by atoms with Gasteiger partial charge in [-0.1, -0.05) is 23.7 Å². The highest BCUT2D eigenvalue weighted by atomic mass is 35.5. The van der Waals surface area contributed by atoms with Crippen LogP contribution < -0.4 is 4.74 Å². The minimum atomic E-state index is -0.654. The first-order valence-corrected chi connectivity index (χ1v) is 7.00. The standard InChI is InChI=1S/C14H15ClO2S/c1-9(2)17-12-5-3-4-10(6-12)14(16)13-7-11(15)8-18-13/h3-9,14,16H,1-2H3. The van der Waals surface area contributed by atoms with Gasteiger partial charge < -0.3 is 9.84 Å². The van der Waals surface area contributed by atoms with Crippen molar-refractivity contribution in [3.8, 4) is 5.75 Å². The Morgan fingerprint density at radius 1 is 1.28 bits per heavy atom. The van der Waals surface area contributed by atoms with Crippen LogP contribution >= 0.6 is 22.9 Å². The fraction of sp³-hybridized carbons (Fsp3) is 0.286. The molecule has 1 heterocycles. The molecule has 1 N–H and O–H groups in total. The van der Waals surface area contributed by atoms with E-state index >= 15 is 0 Å². The van der Waals surface area contributed by atoms with Gasteiger partial charge in [-0.25, -0.2) is 0 Å². The number of hydrogen-bond acceptors (Lipinski definition) is 3. The Labute approximate surface area is 116 Å².